The van der Waals surface area contributed by atoms with Crippen LogP contribution in [0.2, 0.25) is 0 Å². The van der Waals surface area contributed by atoms with Crippen LogP contribution in [0.4, 0.5) is 5.69 Å². The lowest BCUT2D eigenvalue weighted by molar-refractivity contribution is -0.139. The summed E-state index contributed by atoms with van der Waals surface area (Å²) in [5.74, 6) is -1.26. The smallest absolute Gasteiger partial charge is 0.379 e. The molecule has 1 unspecified atom stereocenters. The molecule has 0 bridgehead atoms. The summed E-state index contributed by atoms with van der Waals surface area (Å²) in [5.41, 5.74) is 2.37. The van der Waals surface area contributed by atoms with Crippen LogP contribution in [0, 0.1) is 0 Å². The second-order valence-corrected chi connectivity index (χ2v) is 10.3. The Morgan fingerprint density at radius 1 is 1.02 bits per heavy atom. The molecule has 0 fully saturated rings. The first kappa shape index (κ1) is 26.2. The third kappa shape index (κ3) is 4.30. The zero-order valence-corrected chi connectivity index (χ0v) is 23.1. The van der Waals surface area contributed by atoms with Crippen molar-refractivity contribution in [2.75, 3.05) is 18.6 Å². The fourth-order valence-corrected chi connectivity index (χ4v) is 6.15. The zero-order chi connectivity index (χ0) is 28.8. The minimum atomic E-state index is -0.890. The number of carbonyl (C=O) groups excluding carboxylic acids is 3. The maximum atomic E-state index is 14.1. The number of nitrogens with zero attached hydrogens (tertiary/aromatic N) is 3. The number of aromatic nitrogens is 1. The molecule has 6 rings (SSSR count). The van der Waals surface area contributed by atoms with Crippen LogP contribution in [0.3, 0.4) is 0 Å². The number of para-hydroxylation sites is 1. The van der Waals surface area contributed by atoms with Gasteiger partial charge in [-0.3, -0.25) is 14.2 Å². The molecule has 4 aromatic rings. The van der Waals surface area contributed by atoms with Crippen LogP contribution in [0.1, 0.15) is 41.6 Å². The number of benzene rings is 2. The second-order valence-electron chi connectivity index (χ2n) is 9.31. The number of amides is 1. The van der Waals surface area contributed by atoms with Gasteiger partial charge in [0.1, 0.15) is 10.3 Å². The number of ether oxygens (including phenoxy) is 2. The van der Waals surface area contributed by atoms with Gasteiger partial charge >= 0.3 is 11.9 Å². The number of likely N-dealkylation sites (N-methyl/N-ethyl adjacent to an activating group) is 1. The third-order valence-electron chi connectivity index (χ3n) is 6.90. The van der Waals surface area contributed by atoms with E-state index in [-0.39, 0.29) is 34.1 Å². The molecule has 206 valence electrons. The highest BCUT2D eigenvalue weighted by atomic mass is 32.1. The Kier molecular flexibility index (Phi) is 6.50. The topological polar surface area (TPSA) is 120 Å². The average Bonchev–Trinajstić information content (AvgIpc) is 3.67. The molecule has 2 aromatic heterocycles. The molecule has 0 radical (unpaired) electrons. The summed E-state index contributed by atoms with van der Waals surface area (Å²) in [5, 5.41) is 0. The number of fused-ring (bicyclic) bond motifs is 2. The SMILES string of the molecule is CCOC(=O)C1=C(C)N=c2sc(=C3C(=O)N(C)c4ccccc43)c(=O)n2C1c1ccc(OC(=O)c2ccco2)cc1. The Morgan fingerprint density at radius 3 is 2.49 bits per heavy atom. The molecule has 0 N–H and O–H groups in total. The molecule has 4 heterocycles. The quantitative estimate of drug-likeness (QED) is 0.268. The van der Waals surface area contributed by atoms with Crippen molar-refractivity contribution in [1.82, 2.24) is 4.57 Å². The minimum absolute atomic E-state index is 0.0549. The molecule has 2 aromatic carbocycles. The van der Waals surface area contributed by atoms with Gasteiger partial charge in [0.25, 0.3) is 11.5 Å². The van der Waals surface area contributed by atoms with Gasteiger partial charge in [-0.2, -0.15) is 0 Å². The number of allylic oxidation sites excluding steroid dienone is 1. The van der Waals surface area contributed by atoms with Crippen LogP contribution in [0.15, 0.2) is 92.4 Å². The monoisotopic (exact) mass is 569 g/mol. The summed E-state index contributed by atoms with van der Waals surface area (Å²) in [7, 11) is 1.66. The van der Waals surface area contributed by atoms with E-state index in [0.29, 0.717) is 32.9 Å². The van der Waals surface area contributed by atoms with E-state index in [4.69, 9.17) is 13.9 Å². The van der Waals surface area contributed by atoms with Crippen molar-refractivity contribution in [3.05, 3.63) is 115 Å². The Hall–Kier alpha value is -5.03. The van der Waals surface area contributed by atoms with Crippen molar-refractivity contribution in [2.24, 2.45) is 4.99 Å². The van der Waals surface area contributed by atoms with Crippen LogP contribution in [0.5, 0.6) is 5.75 Å². The van der Waals surface area contributed by atoms with Crippen molar-refractivity contribution < 1.29 is 28.3 Å². The molecule has 11 heteroatoms. The first-order chi connectivity index (χ1) is 19.8. The van der Waals surface area contributed by atoms with E-state index >= 15 is 0 Å². The van der Waals surface area contributed by atoms with Gasteiger partial charge < -0.3 is 18.8 Å². The Morgan fingerprint density at radius 2 is 1.78 bits per heavy atom. The highest BCUT2D eigenvalue weighted by Crippen LogP contribution is 2.35. The van der Waals surface area contributed by atoms with Gasteiger partial charge in [-0.25, -0.2) is 14.6 Å². The molecule has 10 nitrogen and oxygen atoms in total. The molecule has 0 saturated heterocycles. The molecular weight excluding hydrogens is 546 g/mol. The number of anilines is 1. The van der Waals surface area contributed by atoms with Crippen LogP contribution >= 0.6 is 11.3 Å². The van der Waals surface area contributed by atoms with Gasteiger partial charge in [0, 0.05) is 12.6 Å². The molecule has 1 atom stereocenters. The van der Waals surface area contributed by atoms with E-state index in [0.717, 1.165) is 11.3 Å². The van der Waals surface area contributed by atoms with Gasteiger partial charge in [0.05, 0.1) is 41.4 Å². The van der Waals surface area contributed by atoms with E-state index in [1.54, 1.807) is 57.3 Å². The van der Waals surface area contributed by atoms with E-state index in [1.165, 1.54) is 21.8 Å². The van der Waals surface area contributed by atoms with Crippen LogP contribution in [-0.4, -0.2) is 36.1 Å². The Bertz CT molecular complexity index is 1930. The molecule has 0 saturated carbocycles. The van der Waals surface area contributed by atoms with Crippen LogP contribution in [0.25, 0.3) is 5.57 Å². The molecule has 0 aliphatic carbocycles. The number of carbonyl (C=O) groups is 3. The Labute approximate surface area is 237 Å². The lowest BCUT2D eigenvalue weighted by atomic mass is 9.96. The van der Waals surface area contributed by atoms with Crippen LogP contribution in [-0.2, 0) is 14.3 Å². The number of furan rings is 1. The number of hydrogen-bond acceptors (Lipinski definition) is 9. The maximum Gasteiger partial charge on any atom is 0.379 e. The summed E-state index contributed by atoms with van der Waals surface area (Å²) in [4.78, 5) is 59.3. The van der Waals surface area contributed by atoms with Crippen molar-refractivity contribution in [3.63, 3.8) is 0 Å². The molecule has 41 heavy (non-hydrogen) atoms. The van der Waals surface area contributed by atoms with E-state index < -0.39 is 23.5 Å². The summed E-state index contributed by atoms with van der Waals surface area (Å²) < 4.78 is 17.5. The van der Waals surface area contributed by atoms with Gasteiger partial charge in [-0.05, 0) is 49.7 Å². The molecule has 1 amide bonds. The van der Waals surface area contributed by atoms with E-state index in [9.17, 15) is 19.2 Å². The summed E-state index contributed by atoms with van der Waals surface area (Å²) in [6.07, 6.45) is 1.37. The molecule has 2 aliphatic heterocycles. The number of esters is 2. The van der Waals surface area contributed by atoms with Crippen molar-refractivity contribution in [2.45, 2.75) is 19.9 Å². The van der Waals surface area contributed by atoms with Crippen molar-refractivity contribution in [3.8, 4) is 5.75 Å². The third-order valence-corrected chi connectivity index (χ3v) is 7.96. The number of thiazole rings is 1. The Balaban J connectivity index is 1.50. The second kappa shape index (κ2) is 10.2. The lowest BCUT2D eigenvalue weighted by Gasteiger charge is -2.24. The van der Waals surface area contributed by atoms with Crippen molar-refractivity contribution in [1.29, 1.82) is 0 Å². The summed E-state index contributed by atoms with van der Waals surface area (Å²) >= 11 is 1.10. The van der Waals surface area contributed by atoms with Crippen molar-refractivity contribution >= 4 is 40.4 Å². The van der Waals surface area contributed by atoms with Gasteiger partial charge in [-0.1, -0.05) is 41.7 Å². The maximum absolute atomic E-state index is 14.1. The summed E-state index contributed by atoms with van der Waals surface area (Å²) in [6, 6.07) is 15.9. The first-order valence-corrected chi connectivity index (χ1v) is 13.6. The zero-order valence-electron chi connectivity index (χ0n) is 22.2. The standard InChI is InChI=1S/C30H23N3O7S/c1-4-38-29(37)22-16(2)31-30-33(24(22)17-11-13-18(14-12-17)40-28(36)21-10-7-15-39-21)27(35)25(41-30)23-19-8-5-6-9-20(19)32(3)26(23)34/h5-15,24H,4H2,1-3H3. The van der Waals surface area contributed by atoms with E-state index in [1.807, 2.05) is 18.2 Å². The van der Waals surface area contributed by atoms with Gasteiger partial charge in [0.2, 0.25) is 5.76 Å². The normalized spacial score (nSPS) is 17.2. The highest BCUT2D eigenvalue weighted by Gasteiger charge is 2.36. The number of rotatable bonds is 5. The lowest BCUT2D eigenvalue weighted by Crippen LogP contribution is -2.40. The number of hydrogen-bond donors (Lipinski definition) is 0. The van der Waals surface area contributed by atoms with E-state index in [2.05, 4.69) is 4.99 Å². The molecule has 2 aliphatic rings. The largest absolute Gasteiger partial charge is 0.463 e. The average molecular weight is 570 g/mol. The minimum Gasteiger partial charge on any atom is -0.463 e. The highest BCUT2D eigenvalue weighted by molar-refractivity contribution is 7.07. The molecular formula is C30H23N3O7S. The predicted molar refractivity (Wildman–Crippen MR) is 149 cm³/mol. The fraction of sp³-hybridized carbons (Fsp3) is 0.167. The molecule has 0 spiro atoms. The first-order valence-electron chi connectivity index (χ1n) is 12.8. The predicted octanol–water partition coefficient (Wildman–Crippen LogP) is 2.96. The van der Waals surface area contributed by atoms with Gasteiger partial charge in [-0.15, -0.1) is 0 Å². The van der Waals surface area contributed by atoms with Crippen LogP contribution < -0.4 is 24.5 Å². The summed E-state index contributed by atoms with van der Waals surface area (Å²) in [6.45, 7) is 3.51. The van der Waals surface area contributed by atoms with Gasteiger partial charge in [0.15, 0.2) is 4.80 Å². The fourth-order valence-electron chi connectivity index (χ4n) is 5.02.